The number of fused-ring (bicyclic) bond motifs is 1. The molecule has 4 aromatic rings. The van der Waals surface area contributed by atoms with E-state index in [-0.39, 0.29) is 59.8 Å². The average Bonchev–Trinajstić information content (AvgIpc) is 3.67. The molecule has 13 heteroatoms. The molecule has 3 saturated heterocycles. The fourth-order valence-corrected chi connectivity index (χ4v) is 10.8. The van der Waals surface area contributed by atoms with E-state index in [1.54, 1.807) is 0 Å². The van der Waals surface area contributed by atoms with Crippen molar-refractivity contribution < 1.29 is 52.1 Å². The van der Waals surface area contributed by atoms with E-state index in [1.807, 2.05) is 86.6 Å². The number of benzene rings is 4. The van der Waals surface area contributed by atoms with E-state index in [0.29, 0.717) is 19.8 Å². The topological polar surface area (TPSA) is 102 Å². The maximum Gasteiger partial charge on any atom is 0.163 e. The van der Waals surface area contributed by atoms with E-state index in [2.05, 4.69) is 87.8 Å². The van der Waals surface area contributed by atoms with Gasteiger partial charge in [-0.15, -0.1) is 0 Å². The van der Waals surface area contributed by atoms with Gasteiger partial charge in [-0.1, -0.05) is 161 Å². The summed E-state index contributed by atoms with van der Waals surface area (Å²) in [6, 6.07) is 42.4. The minimum absolute atomic E-state index is 0.00183. The first kappa shape index (κ1) is 50.7. The van der Waals surface area contributed by atoms with Crippen LogP contribution in [0, 0.1) is 0 Å². The molecule has 7 rings (SSSR count). The van der Waals surface area contributed by atoms with Gasteiger partial charge in [0.1, 0.15) is 25.8 Å². The van der Waals surface area contributed by atoms with Crippen LogP contribution in [0.3, 0.4) is 0 Å². The highest BCUT2D eigenvalue weighted by Gasteiger charge is 2.92. The molecule has 360 valence electrons. The molecular formula is C53H74O11Si2. The highest BCUT2D eigenvalue weighted by molar-refractivity contribution is 6.76. The van der Waals surface area contributed by atoms with Gasteiger partial charge >= 0.3 is 0 Å². The zero-order chi connectivity index (χ0) is 46.8. The second-order valence-corrected chi connectivity index (χ2v) is 32.1. The molecule has 0 radical (unpaired) electrons. The molecule has 3 aliphatic heterocycles. The summed E-state index contributed by atoms with van der Waals surface area (Å²) >= 11 is 0. The van der Waals surface area contributed by atoms with Gasteiger partial charge in [0.05, 0.1) is 52.9 Å². The molecule has 4 aromatic carbocycles. The van der Waals surface area contributed by atoms with Crippen LogP contribution in [0.15, 0.2) is 121 Å². The Labute approximate surface area is 395 Å². The van der Waals surface area contributed by atoms with Crippen LogP contribution < -0.4 is 0 Å². The fourth-order valence-electron chi connectivity index (χ4n) is 9.32. The predicted octanol–water partition coefficient (Wildman–Crippen LogP) is 10.0. The zero-order valence-electron chi connectivity index (χ0n) is 40.6. The minimum Gasteiger partial charge on any atom is -0.374 e. The monoisotopic (exact) mass is 942 g/mol. The summed E-state index contributed by atoms with van der Waals surface area (Å²) in [6.07, 6.45) is -1.55. The summed E-state index contributed by atoms with van der Waals surface area (Å²) in [5.41, 5.74) is -1.98. The van der Waals surface area contributed by atoms with Crippen LogP contribution in [-0.2, 0) is 78.5 Å². The Morgan fingerprint density at radius 3 is 1.50 bits per heavy atom. The van der Waals surface area contributed by atoms with Crippen LogP contribution in [0.4, 0.5) is 0 Å². The van der Waals surface area contributed by atoms with E-state index in [1.165, 1.54) is 0 Å². The van der Waals surface area contributed by atoms with Gasteiger partial charge in [0.2, 0.25) is 0 Å². The van der Waals surface area contributed by atoms with Crippen LogP contribution in [0.5, 0.6) is 0 Å². The molecule has 1 spiro atoms. The van der Waals surface area contributed by atoms with E-state index in [9.17, 15) is 0 Å². The lowest BCUT2D eigenvalue weighted by Crippen LogP contribution is -2.85. The number of hydrogen-bond donors (Lipinski definition) is 0. The first-order valence-electron chi connectivity index (χ1n) is 23.6. The maximum absolute atomic E-state index is 7.84. The third-order valence-corrected chi connectivity index (χ3v) is 16.3. The molecule has 3 aliphatic rings. The number of rotatable bonds is 27. The molecule has 11 nitrogen and oxygen atoms in total. The quantitative estimate of drug-likeness (QED) is 0.0325. The standard InChI is InChI=1S/C53H74O11Si2/c1-49(2)61-38-51-48(63-49)47(59-35-45-25-17-11-18-26-45)50(64-51,37-58-41-54-29-31-65(3,4)5)53(62-42-55-30-32-66(6,7)8,40-57-34-44-23-15-10-16-24-44)52(51,60-36-46-27-19-12-20-28-46)39-56-33-43-21-13-9-14-22-43/h9-28,47-48H,29-42H2,1-8H3/t47-,48-,50+,51-,52-,53+/m1/s1. The summed E-state index contributed by atoms with van der Waals surface area (Å²) in [6.45, 7) is 19.9. The van der Waals surface area contributed by atoms with Crippen molar-refractivity contribution >= 4 is 16.1 Å². The van der Waals surface area contributed by atoms with Crippen molar-refractivity contribution in [3.63, 3.8) is 0 Å². The van der Waals surface area contributed by atoms with Gasteiger partial charge in [-0.2, -0.15) is 0 Å². The third kappa shape index (κ3) is 11.8. The van der Waals surface area contributed by atoms with Gasteiger partial charge in [0, 0.05) is 29.4 Å². The molecule has 3 fully saturated rings. The summed E-state index contributed by atoms with van der Waals surface area (Å²) in [5.74, 6) is -1.01. The van der Waals surface area contributed by atoms with Gasteiger partial charge in [0.15, 0.2) is 28.2 Å². The lowest BCUT2D eigenvalue weighted by atomic mass is 9.57. The van der Waals surface area contributed by atoms with Crippen molar-refractivity contribution in [3.05, 3.63) is 144 Å². The van der Waals surface area contributed by atoms with Gasteiger partial charge in [-0.25, -0.2) is 0 Å². The zero-order valence-corrected chi connectivity index (χ0v) is 42.6. The lowest BCUT2D eigenvalue weighted by Gasteiger charge is -2.61. The molecule has 0 unspecified atom stereocenters. The van der Waals surface area contributed by atoms with Gasteiger partial charge in [0.25, 0.3) is 0 Å². The molecule has 66 heavy (non-hydrogen) atoms. The Hall–Kier alpha value is -3.13. The molecule has 2 bridgehead atoms. The third-order valence-electron chi connectivity index (χ3n) is 12.9. The molecule has 0 aromatic heterocycles. The van der Waals surface area contributed by atoms with Gasteiger partial charge in [-0.3, -0.25) is 0 Å². The highest BCUT2D eigenvalue weighted by atomic mass is 28.3. The average molecular weight is 943 g/mol. The van der Waals surface area contributed by atoms with Crippen LogP contribution in [0.1, 0.15) is 36.1 Å². The first-order valence-corrected chi connectivity index (χ1v) is 31.0. The van der Waals surface area contributed by atoms with Crippen LogP contribution in [0.2, 0.25) is 51.4 Å². The Bertz CT molecular complexity index is 2050. The summed E-state index contributed by atoms with van der Waals surface area (Å²) in [7, 11) is -2.84. The molecule has 3 heterocycles. The van der Waals surface area contributed by atoms with Crippen molar-refractivity contribution in [3.8, 4) is 0 Å². The molecule has 6 atom stereocenters. The second kappa shape index (κ2) is 22.1. The second-order valence-electron chi connectivity index (χ2n) is 20.9. The van der Waals surface area contributed by atoms with Gasteiger partial charge < -0.3 is 52.1 Å². The molecule has 0 amide bonds. The summed E-state index contributed by atoms with van der Waals surface area (Å²) < 4.78 is 77.5. The number of hydrogen-bond acceptors (Lipinski definition) is 11. The Morgan fingerprint density at radius 1 is 0.515 bits per heavy atom. The van der Waals surface area contributed by atoms with E-state index in [0.717, 1.165) is 34.3 Å². The number of ether oxygens (including phenoxy) is 11. The first-order chi connectivity index (χ1) is 31.6. The van der Waals surface area contributed by atoms with Gasteiger partial charge in [-0.05, 0) is 48.2 Å². The van der Waals surface area contributed by atoms with Crippen molar-refractivity contribution in [1.29, 1.82) is 0 Å². The molecule has 0 saturated carbocycles. The van der Waals surface area contributed by atoms with Crippen molar-refractivity contribution in [2.45, 2.75) is 132 Å². The van der Waals surface area contributed by atoms with Crippen molar-refractivity contribution in [2.75, 3.05) is 53.2 Å². The largest absolute Gasteiger partial charge is 0.374 e. The van der Waals surface area contributed by atoms with E-state index in [4.69, 9.17) is 52.1 Å². The summed E-state index contributed by atoms with van der Waals surface area (Å²) in [5, 5.41) is 0. The smallest absolute Gasteiger partial charge is 0.163 e. The molecule has 0 N–H and O–H groups in total. The lowest BCUT2D eigenvalue weighted by molar-refractivity contribution is -0.387. The minimum atomic E-state index is -1.55. The summed E-state index contributed by atoms with van der Waals surface area (Å²) in [4.78, 5) is 0. The molecule has 0 aliphatic carbocycles. The van der Waals surface area contributed by atoms with E-state index >= 15 is 0 Å². The maximum atomic E-state index is 7.84. The normalized spacial score (nSPS) is 27.0. The van der Waals surface area contributed by atoms with Crippen LogP contribution in [0.25, 0.3) is 0 Å². The molecular weight excluding hydrogens is 869 g/mol. The van der Waals surface area contributed by atoms with Crippen LogP contribution >= 0.6 is 0 Å². The Balaban J connectivity index is 1.41. The fraction of sp³-hybridized carbons (Fsp3) is 0.547. The van der Waals surface area contributed by atoms with Crippen molar-refractivity contribution in [1.82, 2.24) is 0 Å². The Kier molecular flexibility index (Phi) is 17.0. The highest BCUT2D eigenvalue weighted by Crippen LogP contribution is 2.68. The SMILES string of the molecule is CC1(C)OC[C@@]23O[C@@](COCOCC[Si](C)(C)C)([C@H](OCc4ccccc4)[C@H]2O1)[C@](COCc1ccccc1)(OCOCC[Si](C)(C)C)[C@]3(COCc1ccccc1)OCc1ccccc1. The van der Waals surface area contributed by atoms with Crippen LogP contribution in [-0.4, -0.2) is 110 Å². The van der Waals surface area contributed by atoms with E-state index < -0.39 is 56.5 Å². The predicted molar refractivity (Wildman–Crippen MR) is 260 cm³/mol. The van der Waals surface area contributed by atoms with Crippen molar-refractivity contribution in [2.24, 2.45) is 0 Å². The Morgan fingerprint density at radius 2 is 0.985 bits per heavy atom.